The summed E-state index contributed by atoms with van der Waals surface area (Å²) >= 11 is 5.95. The Morgan fingerprint density at radius 3 is 2.67 bits per heavy atom. The SMILES string of the molecule is Cn1cc2c(F)c(C(F)(F)c3nnc4ccc(-c5cncc(Cl)c5)nn34)ccc2n1. The van der Waals surface area contributed by atoms with Gasteiger partial charge in [0.05, 0.1) is 27.2 Å². The van der Waals surface area contributed by atoms with Crippen LogP contribution in [0.25, 0.3) is 27.8 Å². The van der Waals surface area contributed by atoms with Crippen LogP contribution in [0.1, 0.15) is 11.4 Å². The van der Waals surface area contributed by atoms with E-state index in [9.17, 15) is 4.39 Å². The fourth-order valence-corrected chi connectivity index (χ4v) is 3.41. The summed E-state index contributed by atoms with van der Waals surface area (Å²) in [5.74, 6) is -5.68. The highest BCUT2D eigenvalue weighted by molar-refractivity contribution is 6.30. The van der Waals surface area contributed by atoms with Gasteiger partial charge in [-0.1, -0.05) is 11.6 Å². The van der Waals surface area contributed by atoms with E-state index < -0.39 is 23.1 Å². The first-order chi connectivity index (χ1) is 14.3. The lowest BCUT2D eigenvalue weighted by Crippen LogP contribution is -2.22. The molecule has 5 rings (SSSR count). The summed E-state index contributed by atoms with van der Waals surface area (Å²) in [7, 11) is 1.58. The van der Waals surface area contributed by atoms with Crippen molar-refractivity contribution in [2.75, 3.05) is 0 Å². The van der Waals surface area contributed by atoms with Crippen LogP contribution < -0.4 is 0 Å². The first-order valence-electron chi connectivity index (χ1n) is 8.68. The van der Waals surface area contributed by atoms with Crippen molar-refractivity contribution in [2.24, 2.45) is 7.05 Å². The summed E-state index contributed by atoms with van der Waals surface area (Å²) in [5.41, 5.74) is 0.377. The number of benzene rings is 1. The monoisotopic (exact) mass is 429 g/mol. The van der Waals surface area contributed by atoms with Gasteiger partial charge in [-0.15, -0.1) is 10.2 Å². The van der Waals surface area contributed by atoms with Crippen LogP contribution in [-0.4, -0.2) is 34.6 Å². The maximum atomic E-state index is 15.4. The van der Waals surface area contributed by atoms with Crippen LogP contribution in [0.2, 0.25) is 5.02 Å². The molecule has 4 heterocycles. The molecule has 0 radical (unpaired) electrons. The average molecular weight is 430 g/mol. The first kappa shape index (κ1) is 18.5. The van der Waals surface area contributed by atoms with Crippen molar-refractivity contribution in [1.29, 1.82) is 0 Å². The van der Waals surface area contributed by atoms with Crippen LogP contribution in [0.4, 0.5) is 13.2 Å². The summed E-state index contributed by atoms with van der Waals surface area (Å²) < 4.78 is 47.9. The smallest absolute Gasteiger partial charge is 0.274 e. The molecule has 0 bridgehead atoms. The van der Waals surface area contributed by atoms with E-state index in [2.05, 4.69) is 25.4 Å². The summed E-state index contributed by atoms with van der Waals surface area (Å²) in [5, 5.41) is 15.9. The fraction of sp³-hybridized carbons (Fsp3) is 0.105. The summed E-state index contributed by atoms with van der Waals surface area (Å²) in [6.45, 7) is 0. The van der Waals surface area contributed by atoms with Gasteiger partial charge >= 0.3 is 5.92 Å². The van der Waals surface area contributed by atoms with Gasteiger partial charge in [0.2, 0.25) is 5.82 Å². The molecule has 7 nitrogen and oxygen atoms in total. The third-order valence-electron chi connectivity index (χ3n) is 4.62. The maximum Gasteiger partial charge on any atom is 0.336 e. The van der Waals surface area contributed by atoms with E-state index in [-0.39, 0.29) is 16.6 Å². The molecule has 0 saturated heterocycles. The van der Waals surface area contributed by atoms with E-state index in [1.54, 1.807) is 19.2 Å². The highest BCUT2D eigenvalue weighted by Crippen LogP contribution is 2.38. The van der Waals surface area contributed by atoms with Crippen LogP contribution in [0.3, 0.4) is 0 Å². The second-order valence-corrected chi connectivity index (χ2v) is 7.08. The molecule has 0 fully saturated rings. The predicted molar refractivity (Wildman–Crippen MR) is 103 cm³/mol. The van der Waals surface area contributed by atoms with E-state index in [1.165, 1.54) is 35.4 Å². The number of aromatic nitrogens is 7. The number of hydrogen-bond acceptors (Lipinski definition) is 5. The van der Waals surface area contributed by atoms with Crippen molar-refractivity contribution < 1.29 is 13.2 Å². The van der Waals surface area contributed by atoms with Crippen molar-refractivity contribution in [3.63, 3.8) is 0 Å². The van der Waals surface area contributed by atoms with Gasteiger partial charge in [0.15, 0.2) is 5.65 Å². The first-order valence-corrected chi connectivity index (χ1v) is 9.06. The number of aryl methyl sites for hydroxylation is 1. The van der Waals surface area contributed by atoms with Crippen LogP contribution in [-0.2, 0) is 13.0 Å². The van der Waals surface area contributed by atoms with Crippen molar-refractivity contribution in [2.45, 2.75) is 5.92 Å². The van der Waals surface area contributed by atoms with Crippen LogP contribution in [0.5, 0.6) is 0 Å². The number of rotatable bonds is 3. The molecule has 150 valence electrons. The summed E-state index contributed by atoms with van der Waals surface area (Å²) in [6, 6.07) is 7.00. The molecule has 0 saturated carbocycles. The minimum atomic E-state index is -3.80. The zero-order chi connectivity index (χ0) is 21.0. The van der Waals surface area contributed by atoms with Crippen LogP contribution in [0, 0.1) is 5.82 Å². The number of alkyl halides is 2. The Hall–Kier alpha value is -3.53. The molecule has 30 heavy (non-hydrogen) atoms. The lowest BCUT2D eigenvalue weighted by atomic mass is 10.0. The second kappa shape index (κ2) is 6.49. The molecule has 0 aliphatic carbocycles. The molecule has 11 heteroatoms. The largest absolute Gasteiger partial charge is 0.336 e. The molecule has 5 aromatic rings. The predicted octanol–water partition coefficient (Wildman–Crippen LogP) is 4.01. The molecular formula is C19H11ClF3N7. The molecule has 0 atom stereocenters. The quantitative estimate of drug-likeness (QED) is 0.433. The van der Waals surface area contributed by atoms with Crippen LogP contribution in [0.15, 0.2) is 48.9 Å². The third-order valence-corrected chi connectivity index (χ3v) is 4.83. The molecular weight excluding hydrogens is 419 g/mol. The Morgan fingerprint density at radius 2 is 1.87 bits per heavy atom. The van der Waals surface area contributed by atoms with E-state index in [1.807, 2.05) is 0 Å². The molecule has 4 aromatic heterocycles. The Bertz CT molecular complexity index is 1430. The highest BCUT2D eigenvalue weighted by atomic mass is 35.5. The van der Waals surface area contributed by atoms with Crippen molar-refractivity contribution >= 4 is 28.2 Å². The topological polar surface area (TPSA) is 73.8 Å². The van der Waals surface area contributed by atoms with E-state index >= 15 is 8.78 Å². The van der Waals surface area contributed by atoms with Crippen molar-refractivity contribution in [1.82, 2.24) is 34.6 Å². The van der Waals surface area contributed by atoms with Gasteiger partial charge in [0.25, 0.3) is 0 Å². The highest BCUT2D eigenvalue weighted by Gasteiger charge is 2.43. The molecule has 0 unspecified atom stereocenters. The average Bonchev–Trinajstić information content (AvgIpc) is 3.31. The van der Waals surface area contributed by atoms with Gasteiger partial charge < -0.3 is 0 Å². The zero-order valence-electron chi connectivity index (χ0n) is 15.3. The third kappa shape index (κ3) is 2.79. The molecule has 0 aliphatic heterocycles. The van der Waals surface area contributed by atoms with Crippen LogP contribution >= 0.6 is 11.6 Å². The number of hydrogen-bond donors (Lipinski definition) is 0. The van der Waals surface area contributed by atoms with E-state index in [0.717, 1.165) is 10.6 Å². The summed E-state index contributed by atoms with van der Waals surface area (Å²) in [4.78, 5) is 3.97. The number of pyridine rings is 1. The van der Waals surface area contributed by atoms with Crippen molar-refractivity contribution in [3.8, 4) is 11.3 Å². The van der Waals surface area contributed by atoms with E-state index in [0.29, 0.717) is 16.3 Å². The Labute approximate surface area is 171 Å². The number of fused-ring (bicyclic) bond motifs is 2. The van der Waals surface area contributed by atoms with Crippen molar-refractivity contribution in [3.05, 3.63) is 71.2 Å². The number of halogens is 4. The molecule has 0 spiro atoms. The van der Waals surface area contributed by atoms with Gasteiger partial charge in [-0.3, -0.25) is 9.67 Å². The second-order valence-electron chi connectivity index (χ2n) is 6.64. The van der Waals surface area contributed by atoms with Gasteiger partial charge in [0.1, 0.15) is 5.82 Å². The van der Waals surface area contributed by atoms with Gasteiger partial charge in [-0.2, -0.15) is 23.5 Å². The Balaban J connectivity index is 1.68. The summed E-state index contributed by atoms with van der Waals surface area (Å²) in [6.07, 6.45) is 4.28. The number of nitrogens with zero attached hydrogens (tertiary/aromatic N) is 7. The minimum absolute atomic E-state index is 0.0119. The normalized spacial score (nSPS) is 12.2. The fourth-order valence-electron chi connectivity index (χ4n) is 3.23. The lowest BCUT2D eigenvalue weighted by molar-refractivity contribution is 0.0271. The minimum Gasteiger partial charge on any atom is -0.274 e. The van der Waals surface area contributed by atoms with Gasteiger partial charge in [0, 0.05) is 31.2 Å². The zero-order valence-corrected chi connectivity index (χ0v) is 16.0. The van der Waals surface area contributed by atoms with E-state index in [4.69, 9.17) is 11.6 Å². The standard InChI is InChI=1S/C19H11ClF3N7/c1-29-9-12-15(27-29)3-2-13(17(12)21)19(22,23)18-26-25-16-5-4-14(28-30(16)18)10-6-11(20)8-24-7-10/h2-9H,1H3. The molecule has 0 amide bonds. The van der Waals surface area contributed by atoms with Gasteiger partial charge in [-0.05, 0) is 30.3 Å². The molecule has 0 aliphatic rings. The van der Waals surface area contributed by atoms with Gasteiger partial charge in [-0.25, -0.2) is 4.39 Å². The molecule has 1 aromatic carbocycles. The molecule has 0 N–H and O–H groups in total. The Morgan fingerprint density at radius 1 is 1.03 bits per heavy atom. The maximum absolute atomic E-state index is 15.4. The lowest BCUT2D eigenvalue weighted by Gasteiger charge is -2.15. The Kier molecular flexibility index (Phi) is 4.00.